The van der Waals surface area contributed by atoms with Gasteiger partial charge >= 0.3 is 11.9 Å². The topological polar surface area (TPSA) is 63.6 Å². The van der Waals surface area contributed by atoms with Gasteiger partial charge < -0.3 is 9.84 Å². The van der Waals surface area contributed by atoms with Crippen LogP contribution in [0.1, 0.15) is 168 Å². The number of carboxylic acids is 1. The number of hydrogen-bond acceptors (Lipinski definition) is 3. The first-order valence-corrected chi connectivity index (χ1v) is 15.2. The van der Waals surface area contributed by atoms with Gasteiger partial charge in [-0.25, -0.2) is 0 Å². The van der Waals surface area contributed by atoms with Crippen LogP contribution < -0.4 is 0 Å². The molecule has 0 aliphatic rings. The van der Waals surface area contributed by atoms with Crippen molar-refractivity contribution in [3.05, 3.63) is 12.2 Å². The van der Waals surface area contributed by atoms with E-state index >= 15 is 0 Å². The van der Waals surface area contributed by atoms with E-state index in [0.29, 0.717) is 12.8 Å². The summed E-state index contributed by atoms with van der Waals surface area (Å²) in [4.78, 5) is 23.3. The van der Waals surface area contributed by atoms with E-state index in [1.54, 1.807) is 0 Å². The Morgan fingerprint density at radius 2 is 1.09 bits per heavy atom. The molecule has 0 spiro atoms. The van der Waals surface area contributed by atoms with Crippen molar-refractivity contribution < 1.29 is 19.4 Å². The van der Waals surface area contributed by atoms with Gasteiger partial charge in [-0.05, 0) is 44.9 Å². The van der Waals surface area contributed by atoms with Crippen molar-refractivity contribution in [2.45, 2.75) is 174 Å². The quantitative estimate of drug-likeness (QED) is 0.0701. The summed E-state index contributed by atoms with van der Waals surface area (Å²) in [5, 5.41) is 9.02. The van der Waals surface area contributed by atoms with E-state index in [9.17, 15) is 9.59 Å². The van der Waals surface area contributed by atoms with E-state index in [1.165, 1.54) is 103 Å². The second-order valence-corrected chi connectivity index (χ2v) is 10.3. The molecule has 1 N–H and O–H groups in total. The van der Waals surface area contributed by atoms with Gasteiger partial charge in [0.15, 0.2) is 0 Å². The molecule has 0 heterocycles. The maximum absolute atomic E-state index is 12.3. The van der Waals surface area contributed by atoms with E-state index in [4.69, 9.17) is 9.84 Å². The molecule has 0 amide bonds. The minimum atomic E-state index is -0.814. The predicted molar refractivity (Wildman–Crippen MR) is 149 cm³/mol. The van der Waals surface area contributed by atoms with E-state index in [2.05, 4.69) is 26.0 Å². The lowest BCUT2D eigenvalue weighted by atomic mass is 10.0. The van der Waals surface area contributed by atoms with Gasteiger partial charge in [0.2, 0.25) is 0 Å². The first-order valence-electron chi connectivity index (χ1n) is 15.2. The number of carbonyl (C=O) groups excluding carboxylic acids is 1. The van der Waals surface area contributed by atoms with Crippen LogP contribution in [-0.2, 0) is 14.3 Å². The molecule has 4 heteroatoms. The Morgan fingerprint density at radius 1 is 0.600 bits per heavy atom. The number of hydrogen-bond donors (Lipinski definition) is 1. The summed E-state index contributed by atoms with van der Waals surface area (Å²) in [5.74, 6) is -0.963. The maximum atomic E-state index is 12.3. The van der Waals surface area contributed by atoms with Crippen molar-refractivity contribution in [1.29, 1.82) is 0 Å². The molecule has 1 atom stereocenters. The lowest BCUT2D eigenvalue weighted by Crippen LogP contribution is -2.19. The highest BCUT2D eigenvalue weighted by molar-refractivity contribution is 5.69. The number of rotatable bonds is 27. The zero-order valence-corrected chi connectivity index (χ0v) is 23.4. The summed E-state index contributed by atoms with van der Waals surface area (Å²) < 4.78 is 5.67. The fourth-order valence-electron chi connectivity index (χ4n) is 4.45. The predicted octanol–water partition coefficient (Wildman–Crippen LogP) is 9.94. The van der Waals surface area contributed by atoms with Crippen LogP contribution in [0.15, 0.2) is 12.2 Å². The number of aliphatic carboxylic acids is 1. The zero-order chi connectivity index (χ0) is 25.8. The average Bonchev–Trinajstić information content (AvgIpc) is 2.84. The highest BCUT2D eigenvalue weighted by Gasteiger charge is 2.15. The second kappa shape index (κ2) is 27.3. The van der Waals surface area contributed by atoms with Gasteiger partial charge in [0.05, 0.1) is 0 Å². The summed E-state index contributed by atoms with van der Waals surface area (Å²) in [6.07, 6.45) is 30.7. The van der Waals surface area contributed by atoms with Gasteiger partial charge in [0, 0.05) is 12.8 Å². The first-order chi connectivity index (χ1) is 17.1. The Kier molecular flexibility index (Phi) is 26.2. The number of carboxylic acid groups (broad SMARTS) is 1. The first kappa shape index (κ1) is 33.7. The molecule has 0 saturated heterocycles. The minimum absolute atomic E-state index is 0.0729. The lowest BCUT2D eigenvalue weighted by molar-refractivity contribution is -0.151. The smallest absolute Gasteiger partial charge is 0.306 e. The highest BCUT2D eigenvalue weighted by Crippen LogP contribution is 2.17. The molecule has 4 nitrogen and oxygen atoms in total. The molecule has 0 aliphatic heterocycles. The van der Waals surface area contributed by atoms with Crippen molar-refractivity contribution in [1.82, 2.24) is 0 Å². The summed E-state index contributed by atoms with van der Waals surface area (Å²) >= 11 is 0. The Balaban J connectivity index is 3.81. The molecule has 35 heavy (non-hydrogen) atoms. The third-order valence-corrected chi connectivity index (χ3v) is 6.75. The molecule has 0 aromatic rings. The van der Waals surface area contributed by atoms with Crippen LogP contribution in [0.5, 0.6) is 0 Å². The van der Waals surface area contributed by atoms with Crippen molar-refractivity contribution in [3.63, 3.8) is 0 Å². The molecule has 206 valence electrons. The Labute approximate surface area is 217 Å². The summed E-state index contributed by atoms with van der Waals surface area (Å²) in [5.41, 5.74) is 0. The van der Waals surface area contributed by atoms with Gasteiger partial charge in [0.25, 0.3) is 0 Å². The molecular formula is C31H58O4. The van der Waals surface area contributed by atoms with Crippen LogP contribution in [0.25, 0.3) is 0 Å². The number of esters is 1. The summed E-state index contributed by atoms with van der Waals surface area (Å²) in [6.45, 7) is 4.48. The van der Waals surface area contributed by atoms with E-state index in [-0.39, 0.29) is 18.5 Å². The molecule has 0 bridgehead atoms. The standard InChI is InChI=1S/C31H58O4/c1-3-5-7-9-11-13-15-16-18-20-22-24-26-31(34)35-29(27-28-30(32)33)25-23-21-19-17-14-12-10-8-6-4-2/h9,11,29H,3-8,10,12-28H2,1-2H3,(H,32,33)/b11-9-. The van der Waals surface area contributed by atoms with E-state index in [0.717, 1.165) is 32.1 Å². The van der Waals surface area contributed by atoms with Gasteiger partial charge in [0.1, 0.15) is 6.10 Å². The maximum Gasteiger partial charge on any atom is 0.306 e. The Hall–Kier alpha value is -1.32. The average molecular weight is 495 g/mol. The van der Waals surface area contributed by atoms with Gasteiger partial charge in [-0.2, -0.15) is 0 Å². The molecule has 0 aromatic heterocycles. The van der Waals surface area contributed by atoms with Crippen LogP contribution in [-0.4, -0.2) is 23.1 Å². The van der Waals surface area contributed by atoms with Crippen molar-refractivity contribution in [2.75, 3.05) is 0 Å². The Bertz CT molecular complexity index is 500. The van der Waals surface area contributed by atoms with E-state index in [1.807, 2.05) is 0 Å². The van der Waals surface area contributed by atoms with Gasteiger partial charge in [-0.3, -0.25) is 9.59 Å². The summed E-state index contributed by atoms with van der Waals surface area (Å²) in [7, 11) is 0. The van der Waals surface area contributed by atoms with Crippen LogP contribution in [0.4, 0.5) is 0 Å². The molecule has 0 fully saturated rings. The largest absolute Gasteiger partial charge is 0.481 e. The van der Waals surface area contributed by atoms with Crippen LogP contribution in [0.2, 0.25) is 0 Å². The fraction of sp³-hybridized carbons (Fsp3) is 0.871. The number of carbonyl (C=O) groups is 2. The molecule has 0 radical (unpaired) electrons. The molecular weight excluding hydrogens is 436 g/mol. The fourth-order valence-corrected chi connectivity index (χ4v) is 4.45. The highest BCUT2D eigenvalue weighted by atomic mass is 16.5. The SMILES string of the molecule is CCCC/C=C\CCCCCCCCC(=O)OC(CCCCCCCCCCCC)CCC(=O)O. The van der Waals surface area contributed by atoms with Crippen molar-refractivity contribution in [2.24, 2.45) is 0 Å². The number of allylic oxidation sites excluding steroid dienone is 2. The zero-order valence-electron chi connectivity index (χ0n) is 23.4. The minimum Gasteiger partial charge on any atom is -0.481 e. The summed E-state index contributed by atoms with van der Waals surface area (Å²) in [6, 6.07) is 0. The van der Waals surface area contributed by atoms with Crippen LogP contribution in [0, 0.1) is 0 Å². The molecule has 1 unspecified atom stereocenters. The second-order valence-electron chi connectivity index (χ2n) is 10.3. The van der Waals surface area contributed by atoms with Crippen molar-refractivity contribution in [3.8, 4) is 0 Å². The molecule has 0 aromatic carbocycles. The molecule has 0 aliphatic carbocycles. The third-order valence-electron chi connectivity index (χ3n) is 6.75. The molecule has 0 rings (SSSR count). The van der Waals surface area contributed by atoms with Gasteiger partial charge in [-0.1, -0.05) is 122 Å². The third kappa shape index (κ3) is 27.1. The lowest BCUT2D eigenvalue weighted by Gasteiger charge is -2.17. The number of unbranched alkanes of at least 4 members (excludes halogenated alkanes) is 17. The van der Waals surface area contributed by atoms with Crippen molar-refractivity contribution >= 4 is 11.9 Å². The number of ether oxygens (including phenoxy) is 1. The normalized spacial score (nSPS) is 12.3. The van der Waals surface area contributed by atoms with Gasteiger partial charge in [-0.15, -0.1) is 0 Å². The molecule has 0 saturated carbocycles. The van der Waals surface area contributed by atoms with Crippen LogP contribution in [0.3, 0.4) is 0 Å². The van der Waals surface area contributed by atoms with Crippen LogP contribution >= 0.6 is 0 Å². The monoisotopic (exact) mass is 494 g/mol. The Morgan fingerprint density at radius 3 is 1.66 bits per heavy atom. The van der Waals surface area contributed by atoms with E-state index < -0.39 is 5.97 Å².